The Bertz CT molecular complexity index is 901. The van der Waals surface area contributed by atoms with Crippen molar-refractivity contribution in [2.45, 2.75) is 43.5 Å². The molecule has 2 aromatic rings. The molecule has 3 N–H and O–H groups in total. The maximum atomic E-state index is 12.5. The van der Waals surface area contributed by atoms with Crippen molar-refractivity contribution in [3.63, 3.8) is 0 Å². The number of rotatable bonds is 3. The van der Waals surface area contributed by atoms with Gasteiger partial charge in [-0.3, -0.25) is 4.79 Å². The van der Waals surface area contributed by atoms with Crippen LogP contribution in [0.1, 0.15) is 40.8 Å². The second-order valence-electron chi connectivity index (χ2n) is 6.54. The summed E-state index contributed by atoms with van der Waals surface area (Å²) in [4.78, 5) is 12.3. The lowest BCUT2D eigenvalue weighted by Crippen LogP contribution is -2.49. The van der Waals surface area contributed by atoms with Gasteiger partial charge >= 0.3 is 0 Å². The van der Waals surface area contributed by atoms with Crippen molar-refractivity contribution < 1.29 is 17.6 Å². The highest BCUT2D eigenvalue weighted by molar-refractivity contribution is 7.89. The number of nitrogens with two attached hydrogens (primary N) is 1. The minimum Gasteiger partial charge on any atom is -0.455 e. The van der Waals surface area contributed by atoms with Crippen LogP contribution in [0, 0.1) is 6.92 Å². The molecule has 1 amide bonds. The van der Waals surface area contributed by atoms with Gasteiger partial charge in [0.1, 0.15) is 10.7 Å². The summed E-state index contributed by atoms with van der Waals surface area (Å²) in [7, 11) is -3.91. The molecular formula is C17H20N2O4S. The van der Waals surface area contributed by atoms with Crippen molar-refractivity contribution in [1.29, 1.82) is 0 Å². The molecule has 1 atom stereocenters. The Kier molecular flexibility index (Phi) is 4.01. The number of primary sulfonamides is 1. The minimum absolute atomic E-state index is 0.0448. The molecule has 0 radical (unpaired) electrons. The molecule has 0 spiro atoms. The van der Waals surface area contributed by atoms with Gasteiger partial charge in [0.2, 0.25) is 10.0 Å². The molecule has 1 heterocycles. The van der Waals surface area contributed by atoms with Crippen LogP contribution in [0.15, 0.2) is 39.6 Å². The SMILES string of the molecule is Cc1oc(C(=O)NC2(C)CCc3ccccc3C2)cc1S(N)(=O)=O. The maximum Gasteiger partial charge on any atom is 0.287 e. The number of fused-ring (bicyclic) bond motifs is 1. The fourth-order valence-corrected chi connectivity index (χ4v) is 3.91. The summed E-state index contributed by atoms with van der Waals surface area (Å²) in [5.41, 5.74) is 2.11. The number of carbonyl (C=O) groups is 1. The fraction of sp³-hybridized carbons (Fsp3) is 0.353. The minimum atomic E-state index is -3.91. The van der Waals surface area contributed by atoms with Gasteiger partial charge in [0, 0.05) is 11.6 Å². The largest absolute Gasteiger partial charge is 0.455 e. The van der Waals surface area contributed by atoms with Crippen LogP contribution in [-0.2, 0) is 22.9 Å². The summed E-state index contributed by atoms with van der Waals surface area (Å²) in [6, 6.07) is 9.35. The standard InChI is InChI=1S/C17H20N2O4S/c1-11-15(24(18,21)22)9-14(23-11)16(20)19-17(2)8-7-12-5-3-4-6-13(12)10-17/h3-6,9H,7-8,10H2,1-2H3,(H,19,20)(H2,18,21,22). The third-order valence-electron chi connectivity index (χ3n) is 4.46. The Labute approximate surface area is 141 Å². The van der Waals surface area contributed by atoms with Gasteiger partial charge in [-0.1, -0.05) is 24.3 Å². The van der Waals surface area contributed by atoms with Crippen LogP contribution in [0.2, 0.25) is 0 Å². The molecule has 0 fully saturated rings. The number of amides is 1. The fourth-order valence-electron chi connectivity index (χ4n) is 3.20. The average molecular weight is 348 g/mol. The van der Waals surface area contributed by atoms with E-state index in [4.69, 9.17) is 9.56 Å². The van der Waals surface area contributed by atoms with E-state index in [1.165, 1.54) is 24.1 Å². The molecule has 1 aromatic carbocycles. The quantitative estimate of drug-likeness (QED) is 0.884. The molecule has 1 aromatic heterocycles. The normalized spacial score (nSPS) is 20.5. The molecule has 24 heavy (non-hydrogen) atoms. The van der Waals surface area contributed by atoms with Crippen LogP contribution < -0.4 is 10.5 Å². The van der Waals surface area contributed by atoms with E-state index in [1.54, 1.807) is 0 Å². The van der Waals surface area contributed by atoms with Gasteiger partial charge in [0.05, 0.1) is 0 Å². The van der Waals surface area contributed by atoms with Crippen molar-refractivity contribution in [2.24, 2.45) is 5.14 Å². The zero-order valence-corrected chi connectivity index (χ0v) is 14.4. The molecular weight excluding hydrogens is 328 g/mol. The van der Waals surface area contributed by atoms with Crippen LogP contribution >= 0.6 is 0 Å². The number of hydrogen-bond donors (Lipinski definition) is 2. The lowest BCUT2D eigenvalue weighted by atomic mass is 9.79. The highest BCUT2D eigenvalue weighted by Gasteiger charge is 2.32. The van der Waals surface area contributed by atoms with Gasteiger partial charge in [0.25, 0.3) is 5.91 Å². The average Bonchev–Trinajstić information content (AvgIpc) is 2.89. The van der Waals surface area contributed by atoms with E-state index in [0.29, 0.717) is 0 Å². The zero-order valence-electron chi connectivity index (χ0n) is 13.6. The first-order valence-corrected chi connectivity index (χ1v) is 9.25. The number of carbonyl (C=O) groups excluding carboxylic acids is 1. The summed E-state index contributed by atoms with van der Waals surface area (Å²) < 4.78 is 28.2. The number of furan rings is 1. The summed E-state index contributed by atoms with van der Waals surface area (Å²) >= 11 is 0. The Balaban J connectivity index is 1.81. The Morgan fingerprint density at radius 2 is 1.96 bits per heavy atom. The maximum absolute atomic E-state index is 12.5. The summed E-state index contributed by atoms with van der Waals surface area (Å²) in [6.07, 6.45) is 2.40. The molecule has 0 aliphatic heterocycles. The van der Waals surface area contributed by atoms with Crippen molar-refractivity contribution in [3.8, 4) is 0 Å². The van der Waals surface area contributed by atoms with Gasteiger partial charge in [-0.2, -0.15) is 0 Å². The van der Waals surface area contributed by atoms with Crippen molar-refractivity contribution in [2.75, 3.05) is 0 Å². The molecule has 128 valence electrons. The van der Waals surface area contributed by atoms with E-state index in [9.17, 15) is 13.2 Å². The third-order valence-corrected chi connectivity index (χ3v) is 5.48. The van der Waals surface area contributed by atoms with E-state index in [-0.39, 0.29) is 16.4 Å². The van der Waals surface area contributed by atoms with Crippen molar-refractivity contribution >= 4 is 15.9 Å². The smallest absolute Gasteiger partial charge is 0.287 e. The van der Waals surface area contributed by atoms with Crippen molar-refractivity contribution in [3.05, 3.63) is 53.0 Å². The second-order valence-corrected chi connectivity index (χ2v) is 8.07. The van der Waals surface area contributed by atoms with Crippen LogP contribution in [0.5, 0.6) is 0 Å². The van der Waals surface area contributed by atoms with Crippen molar-refractivity contribution in [1.82, 2.24) is 5.32 Å². The predicted octanol–water partition coefficient (Wildman–Crippen LogP) is 1.91. The van der Waals surface area contributed by atoms with Gasteiger partial charge in [-0.15, -0.1) is 0 Å². The predicted molar refractivity (Wildman–Crippen MR) is 89.2 cm³/mol. The van der Waals surface area contributed by atoms with Crippen LogP contribution in [-0.4, -0.2) is 19.9 Å². The Morgan fingerprint density at radius 1 is 1.29 bits per heavy atom. The zero-order chi connectivity index (χ0) is 17.5. The van der Waals surface area contributed by atoms with Gasteiger partial charge < -0.3 is 9.73 Å². The second kappa shape index (κ2) is 5.75. The van der Waals surface area contributed by atoms with E-state index < -0.39 is 21.5 Å². The highest BCUT2D eigenvalue weighted by atomic mass is 32.2. The van der Waals surface area contributed by atoms with E-state index in [0.717, 1.165) is 19.3 Å². The van der Waals surface area contributed by atoms with Gasteiger partial charge in [-0.25, -0.2) is 13.6 Å². The molecule has 0 bridgehead atoms. The molecule has 1 unspecified atom stereocenters. The first-order chi connectivity index (χ1) is 11.2. The summed E-state index contributed by atoms with van der Waals surface area (Å²) in [5.74, 6) is -0.367. The number of nitrogens with one attached hydrogen (secondary N) is 1. The number of aryl methyl sites for hydroxylation is 2. The number of benzene rings is 1. The van der Waals surface area contributed by atoms with Gasteiger partial charge in [-0.05, 0) is 44.2 Å². The molecule has 3 rings (SSSR count). The molecule has 7 heteroatoms. The van der Waals surface area contributed by atoms with Gasteiger partial charge in [0.15, 0.2) is 5.76 Å². The van der Waals surface area contributed by atoms with Crippen LogP contribution in [0.4, 0.5) is 0 Å². The lowest BCUT2D eigenvalue weighted by Gasteiger charge is -2.35. The van der Waals surface area contributed by atoms with Crippen LogP contribution in [0.3, 0.4) is 0 Å². The first-order valence-electron chi connectivity index (χ1n) is 7.70. The topological polar surface area (TPSA) is 102 Å². The third kappa shape index (κ3) is 3.22. The monoisotopic (exact) mass is 348 g/mol. The molecule has 1 aliphatic carbocycles. The van der Waals surface area contributed by atoms with Crippen LogP contribution in [0.25, 0.3) is 0 Å². The molecule has 0 saturated carbocycles. The summed E-state index contributed by atoms with van der Waals surface area (Å²) in [5, 5.41) is 8.09. The Hall–Kier alpha value is -2.12. The summed E-state index contributed by atoms with van der Waals surface area (Å²) in [6.45, 7) is 3.45. The molecule has 0 saturated heterocycles. The molecule has 6 nitrogen and oxygen atoms in total. The molecule has 1 aliphatic rings. The van der Waals surface area contributed by atoms with E-state index in [1.807, 2.05) is 19.1 Å². The number of hydrogen-bond acceptors (Lipinski definition) is 4. The van der Waals surface area contributed by atoms with E-state index in [2.05, 4.69) is 17.4 Å². The van der Waals surface area contributed by atoms with E-state index >= 15 is 0 Å². The first kappa shape index (κ1) is 16.7. The number of sulfonamides is 1. The Morgan fingerprint density at radius 3 is 2.58 bits per heavy atom. The lowest BCUT2D eigenvalue weighted by molar-refractivity contribution is 0.0868. The highest BCUT2D eigenvalue weighted by Crippen LogP contribution is 2.29.